The minimum atomic E-state index is -0.0906. The fourth-order valence-corrected chi connectivity index (χ4v) is 4.28. The van der Waals surface area contributed by atoms with E-state index in [1.165, 1.54) is 17.3 Å². The Labute approximate surface area is 193 Å². The summed E-state index contributed by atoms with van der Waals surface area (Å²) in [7, 11) is 0. The molecule has 0 spiro atoms. The van der Waals surface area contributed by atoms with Crippen LogP contribution in [0.25, 0.3) is 6.08 Å². The Hall–Kier alpha value is -2.57. The smallest absolute Gasteiger partial charge is 0.266 e. The molecule has 0 atom stereocenters. The van der Waals surface area contributed by atoms with Crippen LogP contribution in [-0.2, 0) is 10.2 Å². The molecule has 2 aromatic rings. The molecule has 1 aliphatic rings. The van der Waals surface area contributed by atoms with E-state index < -0.39 is 0 Å². The van der Waals surface area contributed by atoms with Crippen molar-refractivity contribution in [3.8, 4) is 11.5 Å². The van der Waals surface area contributed by atoms with Gasteiger partial charge in [-0.2, -0.15) is 0 Å². The first-order chi connectivity index (χ1) is 14.8. The molecule has 0 aliphatic carbocycles. The van der Waals surface area contributed by atoms with E-state index in [4.69, 9.17) is 21.7 Å². The Kier molecular flexibility index (Phi) is 7.57. The molecule has 2 aromatic carbocycles. The zero-order valence-corrected chi connectivity index (χ0v) is 19.7. The number of ether oxygens (including phenoxy) is 2. The summed E-state index contributed by atoms with van der Waals surface area (Å²) in [6, 6.07) is 15.8. The molecule has 0 unspecified atom stereocenters. The lowest BCUT2D eigenvalue weighted by molar-refractivity contribution is -0.121. The van der Waals surface area contributed by atoms with E-state index >= 15 is 0 Å². The Balaban J connectivity index is 1.54. The number of thioether (sulfide) groups is 1. The van der Waals surface area contributed by atoms with Gasteiger partial charge in [-0.25, -0.2) is 0 Å². The van der Waals surface area contributed by atoms with Crippen LogP contribution in [-0.4, -0.2) is 34.9 Å². The maximum atomic E-state index is 12.5. The van der Waals surface area contributed by atoms with Gasteiger partial charge in [0.25, 0.3) is 5.91 Å². The van der Waals surface area contributed by atoms with Crippen molar-refractivity contribution in [2.75, 3.05) is 19.8 Å². The van der Waals surface area contributed by atoms with Crippen molar-refractivity contribution in [3.05, 3.63) is 77.2 Å². The molecule has 6 heteroatoms. The molecule has 0 N–H and O–H groups in total. The van der Waals surface area contributed by atoms with Crippen molar-refractivity contribution in [2.45, 2.75) is 26.2 Å². The number of amides is 1. The summed E-state index contributed by atoms with van der Waals surface area (Å²) in [5, 5.41) is 0. The highest BCUT2D eigenvalue weighted by atomic mass is 32.2. The lowest BCUT2D eigenvalue weighted by Crippen LogP contribution is -2.27. The first-order valence-electron chi connectivity index (χ1n) is 10.1. The molecule has 1 amide bonds. The SMILES string of the molecule is C=CCN1C(=O)/C(=C\c2cccc(OCCOc3ccc(C(C)(C)C)cc3)c2)SC1=S. The van der Waals surface area contributed by atoms with Crippen LogP contribution in [0.4, 0.5) is 0 Å². The molecule has 0 bridgehead atoms. The van der Waals surface area contributed by atoms with E-state index in [1.807, 2.05) is 42.5 Å². The number of thiocarbonyl (C=S) groups is 1. The molecule has 0 saturated carbocycles. The highest BCUT2D eigenvalue weighted by molar-refractivity contribution is 8.26. The van der Waals surface area contributed by atoms with Crippen LogP contribution in [0.2, 0.25) is 0 Å². The lowest BCUT2D eigenvalue weighted by Gasteiger charge is -2.19. The molecular weight excluding hydrogens is 426 g/mol. The number of benzene rings is 2. The molecule has 1 heterocycles. The molecule has 1 aliphatic heterocycles. The number of rotatable bonds is 8. The van der Waals surface area contributed by atoms with Crippen molar-refractivity contribution < 1.29 is 14.3 Å². The third-order valence-electron chi connectivity index (χ3n) is 4.68. The molecule has 3 rings (SSSR count). The maximum absolute atomic E-state index is 12.5. The Bertz CT molecular complexity index is 991. The molecular formula is C25H27NO3S2. The number of carbonyl (C=O) groups is 1. The Morgan fingerprint density at radius 3 is 2.39 bits per heavy atom. The van der Waals surface area contributed by atoms with Crippen LogP contribution in [0, 0.1) is 0 Å². The van der Waals surface area contributed by atoms with Gasteiger partial charge in [-0.3, -0.25) is 9.69 Å². The van der Waals surface area contributed by atoms with E-state index in [9.17, 15) is 4.79 Å². The molecule has 31 heavy (non-hydrogen) atoms. The van der Waals surface area contributed by atoms with E-state index in [-0.39, 0.29) is 11.3 Å². The van der Waals surface area contributed by atoms with Crippen LogP contribution >= 0.6 is 24.0 Å². The minimum absolute atomic E-state index is 0.0906. The zero-order valence-electron chi connectivity index (χ0n) is 18.1. The van der Waals surface area contributed by atoms with Gasteiger partial charge in [0.2, 0.25) is 0 Å². The number of carbonyl (C=O) groups excluding carboxylic acids is 1. The molecule has 0 aromatic heterocycles. The van der Waals surface area contributed by atoms with Crippen molar-refractivity contribution in [1.82, 2.24) is 4.90 Å². The van der Waals surface area contributed by atoms with Crippen molar-refractivity contribution in [1.29, 1.82) is 0 Å². The first-order valence-corrected chi connectivity index (χ1v) is 11.3. The van der Waals surface area contributed by atoms with Gasteiger partial charge in [0.05, 0.1) is 4.91 Å². The molecule has 1 saturated heterocycles. The predicted molar refractivity (Wildman–Crippen MR) is 133 cm³/mol. The summed E-state index contributed by atoms with van der Waals surface area (Å²) < 4.78 is 12.2. The quantitative estimate of drug-likeness (QED) is 0.218. The highest BCUT2D eigenvalue weighted by Gasteiger charge is 2.30. The third-order valence-corrected chi connectivity index (χ3v) is 6.06. The number of hydrogen-bond donors (Lipinski definition) is 0. The van der Waals surface area contributed by atoms with Crippen LogP contribution in [0.3, 0.4) is 0 Å². The number of hydrogen-bond acceptors (Lipinski definition) is 5. The third kappa shape index (κ3) is 6.21. The van der Waals surface area contributed by atoms with Gasteiger partial charge in [0.1, 0.15) is 29.0 Å². The van der Waals surface area contributed by atoms with Crippen molar-refractivity contribution in [3.63, 3.8) is 0 Å². The maximum Gasteiger partial charge on any atom is 0.266 e. The summed E-state index contributed by atoms with van der Waals surface area (Å²) in [5.41, 5.74) is 2.28. The fraction of sp³-hybridized carbons (Fsp3) is 0.280. The van der Waals surface area contributed by atoms with Crippen LogP contribution < -0.4 is 9.47 Å². The van der Waals surface area contributed by atoms with Gasteiger partial charge in [0, 0.05) is 6.54 Å². The normalized spacial score (nSPS) is 15.5. The second-order valence-electron chi connectivity index (χ2n) is 8.12. The van der Waals surface area contributed by atoms with Gasteiger partial charge < -0.3 is 9.47 Å². The van der Waals surface area contributed by atoms with E-state index in [1.54, 1.807) is 11.0 Å². The minimum Gasteiger partial charge on any atom is -0.490 e. The summed E-state index contributed by atoms with van der Waals surface area (Å²) in [5.74, 6) is 1.46. The lowest BCUT2D eigenvalue weighted by atomic mass is 9.87. The average Bonchev–Trinajstić information content (AvgIpc) is 2.99. The Morgan fingerprint density at radius 2 is 1.74 bits per heavy atom. The largest absolute Gasteiger partial charge is 0.490 e. The monoisotopic (exact) mass is 453 g/mol. The van der Waals surface area contributed by atoms with Gasteiger partial charge in [-0.15, -0.1) is 6.58 Å². The second kappa shape index (κ2) is 10.2. The topological polar surface area (TPSA) is 38.8 Å². The summed E-state index contributed by atoms with van der Waals surface area (Å²) in [6.07, 6.45) is 3.51. The summed E-state index contributed by atoms with van der Waals surface area (Å²) >= 11 is 6.58. The summed E-state index contributed by atoms with van der Waals surface area (Å²) in [6.45, 7) is 11.5. The van der Waals surface area contributed by atoms with E-state index in [2.05, 4.69) is 39.5 Å². The molecule has 4 nitrogen and oxygen atoms in total. The van der Waals surface area contributed by atoms with E-state index in [0.29, 0.717) is 29.0 Å². The number of nitrogens with zero attached hydrogens (tertiary/aromatic N) is 1. The summed E-state index contributed by atoms with van der Waals surface area (Å²) in [4.78, 5) is 14.6. The molecule has 1 fully saturated rings. The molecule has 162 valence electrons. The van der Waals surface area contributed by atoms with Gasteiger partial charge in [-0.1, -0.05) is 75.1 Å². The second-order valence-corrected chi connectivity index (χ2v) is 9.80. The highest BCUT2D eigenvalue weighted by Crippen LogP contribution is 2.32. The van der Waals surface area contributed by atoms with Crippen LogP contribution in [0.15, 0.2) is 66.1 Å². The standard InChI is InChI=1S/C25H27NO3S2/c1-5-13-26-23(27)22(31-24(26)30)17-18-7-6-8-21(16-18)29-15-14-28-20-11-9-19(10-12-20)25(2,3)4/h5-12,16-17H,1,13-15H2,2-4H3/b22-17+. The van der Waals surface area contributed by atoms with Gasteiger partial charge in [0.15, 0.2) is 0 Å². The van der Waals surface area contributed by atoms with Crippen molar-refractivity contribution in [2.24, 2.45) is 0 Å². The fourth-order valence-electron chi connectivity index (χ4n) is 3.00. The zero-order chi connectivity index (χ0) is 22.4. The van der Waals surface area contributed by atoms with Gasteiger partial charge >= 0.3 is 0 Å². The van der Waals surface area contributed by atoms with Crippen LogP contribution in [0.1, 0.15) is 31.9 Å². The predicted octanol–water partition coefficient (Wildman–Crippen LogP) is 5.83. The van der Waals surface area contributed by atoms with Gasteiger partial charge in [-0.05, 0) is 46.9 Å². The first kappa shape index (κ1) is 23.1. The average molecular weight is 454 g/mol. The van der Waals surface area contributed by atoms with Crippen molar-refractivity contribution >= 4 is 40.3 Å². The molecule has 0 radical (unpaired) electrons. The Morgan fingerprint density at radius 1 is 1.06 bits per heavy atom. The van der Waals surface area contributed by atoms with Crippen LogP contribution in [0.5, 0.6) is 11.5 Å². The van der Waals surface area contributed by atoms with E-state index in [0.717, 1.165) is 17.1 Å².